The third kappa shape index (κ3) is 17.2. The fourth-order valence-electron chi connectivity index (χ4n) is 6.82. The van der Waals surface area contributed by atoms with E-state index in [0.29, 0.717) is 12.8 Å². The topological polar surface area (TPSA) is 244 Å². The van der Waals surface area contributed by atoms with Crippen LogP contribution in [0.5, 0.6) is 0 Å². The summed E-state index contributed by atoms with van der Waals surface area (Å²) in [5.41, 5.74) is 0.246. The zero-order valence-corrected chi connectivity index (χ0v) is 37.1. The van der Waals surface area contributed by atoms with Crippen LogP contribution < -0.4 is 4.89 Å². The molecule has 0 saturated carbocycles. The first-order valence-electron chi connectivity index (χ1n) is 20.9. The summed E-state index contributed by atoms with van der Waals surface area (Å²) in [5.74, 6) is -5.12. The number of rotatable bonds is 24. The molecule has 2 aromatic rings. The number of unbranched alkanes of at least 4 members (excludes halogenated alkanes) is 6. The van der Waals surface area contributed by atoms with E-state index in [9.17, 15) is 38.2 Å². The average molecular weight is 920 g/mol. The van der Waals surface area contributed by atoms with Crippen molar-refractivity contribution in [1.29, 1.82) is 0 Å². The van der Waals surface area contributed by atoms with Gasteiger partial charge in [0.05, 0.1) is 23.8 Å². The Kier molecular flexibility index (Phi) is 21.0. The number of phosphoric acid groups is 1. The molecular weight excluding hydrogens is 863 g/mol. The highest BCUT2D eigenvalue weighted by Crippen LogP contribution is 2.44. The zero-order valence-electron chi connectivity index (χ0n) is 36.2. The summed E-state index contributed by atoms with van der Waals surface area (Å²) in [6.45, 7) is 6.57. The second kappa shape index (κ2) is 26.1. The Morgan fingerprint density at radius 1 is 0.641 bits per heavy atom. The average Bonchev–Trinajstić information content (AvgIpc) is 3.24. The van der Waals surface area contributed by atoms with Crippen LogP contribution in [0.1, 0.15) is 99.8 Å². The SMILES string of the molecule is C=CCCCCCCCCOP(=O)([O-])O[C@H]1O[C@H](COC(=O)c2ccccc2)[C@@H](O[C@@H]2O[C@H](COC(C)=O)[C@H](OC(C)=O)[C@H](OC(C)=O)[C@H]2OC(C)=O)C[C@@H]1OC(=O)c1ccccc1. The molecule has 0 aromatic heterocycles. The second-order valence-electron chi connectivity index (χ2n) is 14.9. The fourth-order valence-corrected chi connectivity index (χ4v) is 7.68. The molecule has 20 heteroatoms. The van der Waals surface area contributed by atoms with Crippen LogP contribution in [0.25, 0.3) is 0 Å². The minimum absolute atomic E-state index is 0.0864. The molecule has 2 aliphatic rings. The summed E-state index contributed by atoms with van der Waals surface area (Å²) in [7, 11) is -5.18. The molecule has 10 atom stereocenters. The maximum Gasteiger partial charge on any atom is 0.338 e. The Balaban J connectivity index is 1.68. The van der Waals surface area contributed by atoms with Gasteiger partial charge in [-0.3, -0.25) is 28.3 Å². The third-order valence-corrected chi connectivity index (χ3v) is 10.7. The Bertz CT molecular complexity index is 1890. The minimum atomic E-state index is -5.18. The monoisotopic (exact) mass is 919 g/mol. The molecule has 0 aliphatic carbocycles. The van der Waals surface area contributed by atoms with Crippen molar-refractivity contribution in [3.05, 3.63) is 84.4 Å². The standard InChI is InChI=1S/C44H57O19P/c1-6-7-8-9-10-11-12-19-24-55-64(51,52)63-43-35(59-42(50)33-22-17-14-18-23-33)25-34(36(61-43)26-54-41(49)32-20-15-13-16-21-32)60-44-40(58-31(5)48)39(57-30(4)47)38(56-29(3)46)37(62-44)27-53-28(2)45/h6,13-18,20-23,34-40,43-44H,1,7-12,19,24-27H2,2-5H3,(H,51,52)/p-1/t34-,35-,36+,37+,38-,39-,40+,43+,44+/m0/s1. The van der Waals surface area contributed by atoms with E-state index in [1.807, 2.05) is 6.08 Å². The molecule has 4 rings (SSSR count). The van der Waals surface area contributed by atoms with Gasteiger partial charge in [-0.15, -0.1) is 6.58 Å². The quantitative estimate of drug-likeness (QED) is 0.0438. The normalized spacial score (nSPS) is 25.1. The summed E-state index contributed by atoms with van der Waals surface area (Å²) < 4.78 is 75.8. The molecule has 2 heterocycles. The molecule has 2 saturated heterocycles. The van der Waals surface area contributed by atoms with Gasteiger partial charge in [0.2, 0.25) is 6.29 Å². The maximum atomic E-state index is 13.5. The molecule has 1 unspecified atom stereocenters. The smallest absolute Gasteiger partial charge is 0.338 e. The lowest BCUT2D eigenvalue weighted by atomic mass is 9.97. The highest BCUT2D eigenvalue weighted by atomic mass is 31.2. The van der Waals surface area contributed by atoms with Gasteiger partial charge in [0, 0.05) is 34.1 Å². The summed E-state index contributed by atoms with van der Waals surface area (Å²) in [6, 6.07) is 15.6. The number of ether oxygens (including phenoxy) is 9. The second-order valence-corrected chi connectivity index (χ2v) is 16.2. The summed E-state index contributed by atoms with van der Waals surface area (Å²) in [6.07, 6.45) is -7.04. The van der Waals surface area contributed by atoms with Crippen molar-refractivity contribution in [2.24, 2.45) is 0 Å². The zero-order chi connectivity index (χ0) is 46.6. The number of benzene rings is 2. The van der Waals surface area contributed by atoms with E-state index in [1.165, 1.54) is 24.3 Å². The van der Waals surface area contributed by atoms with Gasteiger partial charge in [0.25, 0.3) is 7.82 Å². The number of allylic oxidation sites excluding steroid dienone is 1. The van der Waals surface area contributed by atoms with Gasteiger partial charge in [0.15, 0.2) is 30.7 Å². The Morgan fingerprint density at radius 2 is 1.17 bits per heavy atom. The molecule has 0 N–H and O–H groups in total. The summed E-state index contributed by atoms with van der Waals surface area (Å²) in [4.78, 5) is 89.3. The van der Waals surface area contributed by atoms with Crippen molar-refractivity contribution in [3.8, 4) is 0 Å². The van der Waals surface area contributed by atoms with Gasteiger partial charge in [-0.05, 0) is 43.5 Å². The lowest BCUT2D eigenvalue weighted by molar-refractivity contribution is -0.342. The highest BCUT2D eigenvalue weighted by molar-refractivity contribution is 7.45. The van der Waals surface area contributed by atoms with E-state index in [1.54, 1.807) is 36.4 Å². The molecule has 352 valence electrons. The number of esters is 6. The van der Waals surface area contributed by atoms with Crippen LogP contribution in [0.4, 0.5) is 0 Å². The van der Waals surface area contributed by atoms with Crippen LogP contribution in [0.15, 0.2) is 73.3 Å². The molecule has 0 amide bonds. The van der Waals surface area contributed by atoms with E-state index >= 15 is 0 Å². The van der Waals surface area contributed by atoms with Gasteiger partial charge < -0.3 is 52.0 Å². The molecule has 2 fully saturated rings. The van der Waals surface area contributed by atoms with E-state index in [-0.39, 0.29) is 17.7 Å². The lowest BCUT2D eigenvalue weighted by Crippen LogP contribution is -2.64. The first-order valence-corrected chi connectivity index (χ1v) is 22.4. The molecule has 2 aromatic carbocycles. The predicted molar refractivity (Wildman–Crippen MR) is 220 cm³/mol. The number of carbonyl (C=O) groups excluding carboxylic acids is 6. The molecule has 2 aliphatic heterocycles. The molecule has 0 radical (unpaired) electrons. The first-order chi connectivity index (χ1) is 30.6. The van der Waals surface area contributed by atoms with Crippen LogP contribution in [0.2, 0.25) is 0 Å². The van der Waals surface area contributed by atoms with Crippen molar-refractivity contribution in [2.45, 2.75) is 134 Å². The molecular formula is C44H56O19P-. The summed E-state index contributed by atoms with van der Waals surface area (Å²) in [5, 5.41) is 0. The Hall–Kier alpha value is -5.01. The molecule has 64 heavy (non-hydrogen) atoms. The third-order valence-electron chi connectivity index (χ3n) is 9.69. The van der Waals surface area contributed by atoms with Crippen LogP contribution >= 0.6 is 7.82 Å². The van der Waals surface area contributed by atoms with Crippen LogP contribution in [0, 0.1) is 0 Å². The van der Waals surface area contributed by atoms with Gasteiger partial charge in [0.1, 0.15) is 25.4 Å². The first kappa shape index (κ1) is 51.6. The van der Waals surface area contributed by atoms with Crippen molar-refractivity contribution < 1.29 is 89.9 Å². The van der Waals surface area contributed by atoms with Crippen molar-refractivity contribution in [3.63, 3.8) is 0 Å². The Labute approximate surface area is 371 Å². The van der Waals surface area contributed by atoms with Gasteiger partial charge >= 0.3 is 35.8 Å². The largest absolute Gasteiger partial charge is 0.756 e. The fraction of sp³-hybridized carbons (Fsp3) is 0.545. The molecule has 0 spiro atoms. The van der Waals surface area contributed by atoms with E-state index in [0.717, 1.165) is 59.8 Å². The van der Waals surface area contributed by atoms with Gasteiger partial charge in [-0.25, -0.2) is 9.59 Å². The minimum Gasteiger partial charge on any atom is -0.756 e. The van der Waals surface area contributed by atoms with Crippen LogP contribution in [0.3, 0.4) is 0 Å². The number of carbonyl (C=O) groups is 6. The maximum absolute atomic E-state index is 13.5. The van der Waals surface area contributed by atoms with Gasteiger partial charge in [-0.1, -0.05) is 68.2 Å². The van der Waals surface area contributed by atoms with Crippen LogP contribution in [-0.4, -0.2) is 111 Å². The predicted octanol–water partition coefficient (Wildman–Crippen LogP) is 5.07. The Morgan fingerprint density at radius 3 is 1.77 bits per heavy atom. The lowest BCUT2D eigenvalue weighted by Gasteiger charge is -2.47. The highest BCUT2D eigenvalue weighted by Gasteiger charge is 2.55. The van der Waals surface area contributed by atoms with E-state index in [4.69, 9.17) is 51.7 Å². The van der Waals surface area contributed by atoms with Gasteiger partial charge in [-0.2, -0.15) is 0 Å². The van der Waals surface area contributed by atoms with Crippen molar-refractivity contribution in [1.82, 2.24) is 0 Å². The molecule has 0 bridgehead atoms. The number of hydrogen-bond acceptors (Lipinski definition) is 19. The van der Waals surface area contributed by atoms with E-state index < -0.39 is 119 Å². The van der Waals surface area contributed by atoms with E-state index in [2.05, 4.69) is 6.58 Å². The number of hydrogen-bond donors (Lipinski definition) is 0. The van der Waals surface area contributed by atoms with Crippen molar-refractivity contribution >= 4 is 43.6 Å². The van der Waals surface area contributed by atoms with Crippen molar-refractivity contribution in [2.75, 3.05) is 19.8 Å². The van der Waals surface area contributed by atoms with Crippen LogP contribution in [-0.2, 0) is 75.4 Å². The molecule has 19 nitrogen and oxygen atoms in total. The number of phosphoric ester groups is 1. The summed E-state index contributed by atoms with van der Waals surface area (Å²) >= 11 is 0.